The van der Waals surface area contributed by atoms with Gasteiger partial charge in [0, 0.05) is 6.54 Å². The number of nitrogens with zero attached hydrogens (tertiary/aromatic N) is 1. The molecule has 2 aliphatic rings. The predicted molar refractivity (Wildman–Crippen MR) is 28.9 cm³/mol. The molecular formula is C6H10N. The Labute approximate surface area is 44.3 Å². The molecule has 39 valence electrons. The van der Waals surface area contributed by atoms with Crippen molar-refractivity contribution in [1.82, 2.24) is 4.90 Å². The van der Waals surface area contributed by atoms with E-state index in [1.54, 1.807) is 5.92 Å². The van der Waals surface area contributed by atoms with Gasteiger partial charge < -0.3 is 4.90 Å². The molecule has 0 atom stereocenters. The van der Waals surface area contributed by atoms with Crippen molar-refractivity contribution in [3.05, 3.63) is 5.92 Å². The first-order chi connectivity index (χ1) is 3.45. The van der Waals surface area contributed by atoms with Crippen LogP contribution in [-0.2, 0) is 0 Å². The molecule has 0 aromatic heterocycles. The number of fused-ring (bicyclic) bond motifs is 2. The maximum atomic E-state index is 2.52. The van der Waals surface area contributed by atoms with Crippen LogP contribution < -0.4 is 0 Å². The SMILES string of the molecule is C1CN2CC[C]1C2. The zero-order valence-electron chi connectivity index (χ0n) is 4.48. The van der Waals surface area contributed by atoms with Crippen LogP contribution in [0.5, 0.6) is 0 Å². The molecule has 1 nitrogen and oxygen atoms in total. The minimum atomic E-state index is 1.33. The quantitative estimate of drug-likeness (QED) is 0.428. The van der Waals surface area contributed by atoms with Gasteiger partial charge in [0.15, 0.2) is 0 Å². The van der Waals surface area contributed by atoms with Crippen molar-refractivity contribution in [2.45, 2.75) is 12.8 Å². The number of piperidine rings is 1. The highest BCUT2D eigenvalue weighted by molar-refractivity contribution is 5.05. The third kappa shape index (κ3) is 0.480. The maximum Gasteiger partial charge on any atom is 0.00448 e. The van der Waals surface area contributed by atoms with Crippen LogP contribution in [-0.4, -0.2) is 24.5 Å². The Bertz CT molecular complexity index is 62.2. The zero-order chi connectivity index (χ0) is 4.69. The Kier molecular flexibility index (Phi) is 0.680. The second-order valence-electron chi connectivity index (χ2n) is 2.53. The minimum absolute atomic E-state index is 1.33. The molecule has 7 heavy (non-hydrogen) atoms. The van der Waals surface area contributed by atoms with Crippen LogP contribution in [0.25, 0.3) is 0 Å². The normalized spacial score (nSPS) is 32.6. The number of rotatable bonds is 0. The molecule has 1 heteroatoms. The molecule has 0 unspecified atom stereocenters. The van der Waals surface area contributed by atoms with E-state index < -0.39 is 0 Å². The summed E-state index contributed by atoms with van der Waals surface area (Å²) in [5.41, 5.74) is 0. The lowest BCUT2D eigenvalue weighted by Gasteiger charge is -2.08. The molecule has 0 N–H and O–H groups in total. The highest BCUT2D eigenvalue weighted by atomic mass is 15.2. The smallest absolute Gasteiger partial charge is 0.00448 e. The van der Waals surface area contributed by atoms with Crippen LogP contribution in [0, 0.1) is 5.92 Å². The van der Waals surface area contributed by atoms with E-state index in [-0.39, 0.29) is 0 Å². The molecule has 2 aliphatic heterocycles. The molecule has 2 heterocycles. The lowest BCUT2D eigenvalue weighted by molar-refractivity contribution is 0.371. The minimum Gasteiger partial charge on any atom is -0.303 e. The van der Waals surface area contributed by atoms with Crippen LogP contribution in [0.3, 0.4) is 0 Å². The molecule has 0 spiro atoms. The van der Waals surface area contributed by atoms with E-state index in [1.807, 2.05) is 0 Å². The van der Waals surface area contributed by atoms with E-state index in [0.29, 0.717) is 0 Å². The molecule has 2 saturated heterocycles. The van der Waals surface area contributed by atoms with Gasteiger partial charge in [-0.25, -0.2) is 0 Å². The van der Waals surface area contributed by atoms with Gasteiger partial charge in [0.1, 0.15) is 0 Å². The molecule has 0 amide bonds. The molecule has 0 saturated carbocycles. The summed E-state index contributed by atoms with van der Waals surface area (Å²) in [4.78, 5) is 2.52. The van der Waals surface area contributed by atoms with Crippen molar-refractivity contribution in [1.29, 1.82) is 0 Å². The first-order valence-electron chi connectivity index (χ1n) is 3.01. The molecular weight excluding hydrogens is 86.1 g/mol. The molecule has 2 fully saturated rings. The van der Waals surface area contributed by atoms with Crippen LogP contribution in [0.1, 0.15) is 12.8 Å². The monoisotopic (exact) mass is 96.1 g/mol. The molecule has 0 aromatic rings. The summed E-state index contributed by atoms with van der Waals surface area (Å²) in [6.45, 7) is 4.05. The standard InChI is InChI=1S/C6H10N/c1-3-7-4-2-6(1)5-7/h1-5H2. The molecule has 0 aliphatic carbocycles. The summed E-state index contributed by atoms with van der Waals surface area (Å²) < 4.78 is 0. The Balaban J connectivity index is 2.12. The number of hydrogen-bond acceptors (Lipinski definition) is 1. The lowest BCUT2D eigenvalue weighted by Crippen LogP contribution is -2.15. The van der Waals surface area contributed by atoms with Gasteiger partial charge in [0.05, 0.1) is 0 Å². The fourth-order valence-corrected chi connectivity index (χ4v) is 1.50. The largest absolute Gasteiger partial charge is 0.303 e. The van der Waals surface area contributed by atoms with Crippen molar-refractivity contribution < 1.29 is 0 Å². The fourth-order valence-electron chi connectivity index (χ4n) is 1.50. The third-order valence-corrected chi connectivity index (χ3v) is 2.01. The lowest BCUT2D eigenvalue weighted by atomic mass is 10.1. The molecule has 1 radical (unpaired) electrons. The van der Waals surface area contributed by atoms with E-state index in [0.717, 1.165) is 0 Å². The van der Waals surface area contributed by atoms with E-state index in [4.69, 9.17) is 0 Å². The molecule has 0 aromatic carbocycles. The third-order valence-electron chi connectivity index (χ3n) is 2.01. The van der Waals surface area contributed by atoms with Crippen molar-refractivity contribution in [3.8, 4) is 0 Å². The van der Waals surface area contributed by atoms with Gasteiger partial charge in [-0.3, -0.25) is 0 Å². The summed E-state index contributed by atoms with van der Waals surface area (Å²) in [5.74, 6) is 1.79. The summed E-state index contributed by atoms with van der Waals surface area (Å²) in [6.07, 6.45) is 2.81. The Hall–Kier alpha value is -0.0400. The molecule has 2 rings (SSSR count). The summed E-state index contributed by atoms with van der Waals surface area (Å²) in [5, 5.41) is 0. The predicted octanol–water partition coefficient (Wildman–Crippen LogP) is 0.670. The second-order valence-corrected chi connectivity index (χ2v) is 2.53. The Morgan fingerprint density at radius 3 is 2.00 bits per heavy atom. The zero-order valence-corrected chi connectivity index (χ0v) is 4.48. The van der Waals surface area contributed by atoms with Gasteiger partial charge >= 0.3 is 0 Å². The van der Waals surface area contributed by atoms with Crippen molar-refractivity contribution in [2.75, 3.05) is 19.6 Å². The summed E-state index contributed by atoms with van der Waals surface area (Å²) in [6, 6.07) is 0. The van der Waals surface area contributed by atoms with Crippen molar-refractivity contribution in [3.63, 3.8) is 0 Å². The highest BCUT2D eigenvalue weighted by Crippen LogP contribution is 2.28. The first-order valence-corrected chi connectivity index (χ1v) is 3.01. The van der Waals surface area contributed by atoms with Gasteiger partial charge in [-0.1, -0.05) is 0 Å². The van der Waals surface area contributed by atoms with Gasteiger partial charge in [-0.05, 0) is 31.8 Å². The second kappa shape index (κ2) is 1.22. The Morgan fingerprint density at radius 1 is 1.14 bits per heavy atom. The summed E-state index contributed by atoms with van der Waals surface area (Å²) in [7, 11) is 0. The number of hydrogen-bond donors (Lipinski definition) is 0. The first kappa shape index (κ1) is 3.90. The van der Waals surface area contributed by atoms with E-state index in [2.05, 4.69) is 4.90 Å². The van der Waals surface area contributed by atoms with E-state index >= 15 is 0 Å². The van der Waals surface area contributed by atoms with Crippen molar-refractivity contribution >= 4 is 0 Å². The fraction of sp³-hybridized carbons (Fsp3) is 0.833. The average molecular weight is 96.2 g/mol. The maximum absolute atomic E-state index is 2.52. The van der Waals surface area contributed by atoms with E-state index in [1.165, 1.54) is 32.5 Å². The topological polar surface area (TPSA) is 3.24 Å². The van der Waals surface area contributed by atoms with Crippen LogP contribution in [0.4, 0.5) is 0 Å². The van der Waals surface area contributed by atoms with Crippen LogP contribution >= 0.6 is 0 Å². The molecule has 2 bridgehead atoms. The van der Waals surface area contributed by atoms with E-state index in [9.17, 15) is 0 Å². The van der Waals surface area contributed by atoms with Gasteiger partial charge in [-0.15, -0.1) is 0 Å². The highest BCUT2D eigenvalue weighted by Gasteiger charge is 2.28. The van der Waals surface area contributed by atoms with Crippen LogP contribution in [0.15, 0.2) is 0 Å². The Morgan fingerprint density at radius 2 is 1.86 bits per heavy atom. The average Bonchev–Trinajstić information content (AvgIpc) is 2.22. The van der Waals surface area contributed by atoms with Gasteiger partial charge in [0.2, 0.25) is 0 Å². The van der Waals surface area contributed by atoms with Crippen LogP contribution in [0.2, 0.25) is 0 Å². The van der Waals surface area contributed by atoms with Crippen molar-refractivity contribution in [2.24, 2.45) is 0 Å². The van der Waals surface area contributed by atoms with Gasteiger partial charge in [0.25, 0.3) is 0 Å². The van der Waals surface area contributed by atoms with Gasteiger partial charge in [-0.2, -0.15) is 0 Å². The summed E-state index contributed by atoms with van der Waals surface area (Å²) >= 11 is 0.